The number of hydrogen-bond acceptors (Lipinski definition) is 3. The molecule has 0 saturated carbocycles. The Bertz CT molecular complexity index is 413. The maximum Gasteiger partial charge on any atom is 0.337 e. The Kier molecular flexibility index (Phi) is 4.05. The molecule has 0 aliphatic heterocycles. The molecule has 1 aromatic rings. The highest BCUT2D eigenvalue weighted by atomic mass is 16.5. The zero-order valence-electron chi connectivity index (χ0n) is 9.66. The SMILES string of the molecule is CCC(=O)Nc1cc(C(=O)OC)ccc1C. The van der Waals surface area contributed by atoms with Crippen molar-refractivity contribution in [3.8, 4) is 0 Å². The largest absolute Gasteiger partial charge is 0.465 e. The number of carbonyl (C=O) groups is 2. The predicted octanol–water partition coefficient (Wildman–Crippen LogP) is 2.13. The number of rotatable bonds is 3. The average molecular weight is 221 g/mol. The molecular formula is C12H15NO3. The lowest BCUT2D eigenvalue weighted by molar-refractivity contribution is -0.115. The molecule has 1 aromatic carbocycles. The zero-order chi connectivity index (χ0) is 12.1. The first kappa shape index (κ1) is 12.2. The number of nitrogens with one attached hydrogen (secondary N) is 1. The fourth-order valence-corrected chi connectivity index (χ4v) is 1.24. The zero-order valence-corrected chi connectivity index (χ0v) is 9.66. The predicted molar refractivity (Wildman–Crippen MR) is 61.4 cm³/mol. The Morgan fingerprint density at radius 2 is 2.06 bits per heavy atom. The number of ether oxygens (including phenoxy) is 1. The van der Waals surface area contributed by atoms with Gasteiger partial charge in [-0.2, -0.15) is 0 Å². The van der Waals surface area contributed by atoms with Gasteiger partial charge in [-0.1, -0.05) is 13.0 Å². The minimum atomic E-state index is -0.410. The van der Waals surface area contributed by atoms with Crippen molar-refractivity contribution in [3.63, 3.8) is 0 Å². The van der Waals surface area contributed by atoms with E-state index < -0.39 is 5.97 Å². The van der Waals surface area contributed by atoms with Crippen molar-refractivity contribution in [2.24, 2.45) is 0 Å². The second-order valence-corrected chi connectivity index (χ2v) is 3.42. The third-order valence-corrected chi connectivity index (χ3v) is 2.25. The summed E-state index contributed by atoms with van der Waals surface area (Å²) in [5.74, 6) is -0.489. The van der Waals surface area contributed by atoms with Gasteiger partial charge in [-0.05, 0) is 24.6 Å². The van der Waals surface area contributed by atoms with E-state index >= 15 is 0 Å². The molecule has 0 unspecified atom stereocenters. The van der Waals surface area contributed by atoms with Crippen molar-refractivity contribution in [1.29, 1.82) is 0 Å². The van der Waals surface area contributed by atoms with Crippen LogP contribution in [0.1, 0.15) is 29.3 Å². The van der Waals surface area contributed by atoms with Gasteiger partial charge >= 0.3 is 5.97 Å². The number of aryl methyl sites for hydroxylation is 1. The maximum atomic E-state index is 11.3. The molecule has 0 aliphatic carbocycles. The smallest absolute Gasteiger partial charge is 0.337 e. The van der Waals surface area contributed by atoms with Crippen LogP contribution in [0.15, 0.2) is 18.2 Å². The Balaban J connectivity index is 2.99. The van der Waals surface area contributed by atoms with Crippen molar-refractivity contribution in [1.82, 2.24) is 0 Å². The molecule has 86 valence electrons. The first-order valence-electron chi connectivity index (χ1n) is 5.07. The molecule has 4 nitrogen and oxygen atoms in total. The summed E-state index contributed by atoms with van der Waals surface area (Å²) in [6.07, 6.45) is 0.405. The van der Waals surface area contributed by atoms with Crippen molar-refractivity contribution in [2.45, 2.75) is 20.3 Å². The summed E-state index contributed by atoms with van der Waals surface area (Å²) in [4.78, 5) is 22.6. The van der Waals surface area contributed by atoms with E-state index in [2.05, 4.69) is 10.1 Å². The molecule has 0 aliphatic rings. The van der Waals surface area contributed by atoms with Gasteiger partial charge in [0, 0.05) is 12.1 Å². The number of amides is 1. The van der Waals surface area contributed by atoms with Gasteiger partial charge < -0.3 is 10.1 Å². The van der Waals surface area contributed by atoms with Gasteiger partial charge in [0.1, 0.15) is 0 Å². The standard InChI is InChI=1S/C12H15NO3/c1-4-11(14)13-10-7-9(12(15)16-3)6-5-8(10)2/h5-7H,4H2,1-3H3,(H,13,14). The van der Waals surface area contributed by atoms with Crippen LogP contribution in [0.25, 0.3) is 0 Å². The van der Waals surface area contributed by atoms with Crippen molar-refractivity contribution in [2.75, 3.05) is 12.4 Å². The fourth-order valence-electron chi connectivity index (χ4n) is 1.24. The number of hydrogen-bond donors (Lipinski definition) is 1. The molecule has 0 bridgehead atoms. The third kappa shape index (κ3) is 2.82. The van der Waals surface area contributed by atoms with E-state index in [1.807, 2.05) is 6.92 Å². The van der Waals surface area contributed by atoms with Gasteiger partial charge in [0.15, 0.2) is 0 Å². The fraction of sp³-hybridized carbons (Fsp3) is 0.333. The summed E-state index contributed by atoms with van der Waals surface area (Å²) in [6, 6.07) is 5.06. The van der Waals surface area contributed by atoms with Crippen molar-refractivity contribution in [3.05, 3.63) is 29.3 Å². The number of methoxy groups -OCH3 is 1. The van der Waals surface area contributed by atoms with Crippen LogP contribution in [-0.2, 0) is 9.53 Å². The molecule has 1 N–H and O–H groups in total. The summed E-state index contributed by atoms with van der Waals surface area (Å²) >= 11 is 0. The van der Waals surface area contributed by atoms with Crippen LogP contribution in [0.5, 0.6) is 0 Å². The van der Waals surface area contributed by atoms with Gasteiger partial charge in [0.05, 0.1) is 12.7 Å². The molecule has 0 fully saturated rings. The number of anilines is 1. The lowest BCUT2D eigenvalue weighted by Gasteiger charge is -2.08. The van der Waals surface area contributed by atoms with Crippen LogP contribution >= 0.6 is 0 Å². The third-order valence-electron chi connectivity index (χ3n) is 2.25. The monoisotopic (exact) mass is 221 g/mol. The Morgan fingerprint density at radius 1 is 1.38 bits per heavy atom. The first-order valence-corrected chi connectivity index (χ1v) is 5.07. The number of carbonyl (C=O) groups excluding carboxylic acids is 2. The Morgan fingerprint density at radius 3 is 2.62 bits per heavy atom. The molecule has 0 aromatic heterocycles. The minimum Gasteiger partial charge on any atom is -0.465 e. The van der Waals surface area contributed by atoms with E-state index in [9.17, 15) is 9.59 Å². The second kappa shape index (κ2) is 5.30. The highest BCUT2D eigenvalue weighted by Crippen LogP contribution is 2.17. The molecule has 0 spiro atoms. The van der Waals surface area contributed by atoms with Gasteiger partial charge in [0.25, 0.3) is 0 Å². The van der Waals surface area contributed by atoms with E-state index in [1.165, 1.54) is 7.11 Å². The van der Waals surface area contributed by atoms with Gasteiger partial charge in [-0.25, -0.2) is 4.79 Å². The van der Waals surface area contributed by atoms with E-state index in [4.69, 9.17) is 0 Å². The molecule has 0 saturated heterocycles. The van der Waals surface area contributed by atoms with Crippen LogP contribution in [-0.4, -0.2) is 19.0 Å². The summed E-state index contributed by atoms with van der Waals surface area (Å²) < 4.78 is 4.61. The van der Waals surface area contributed by atoms with E-state index in [0.29, 0.717) is 17.7 Å². The normalized spacial score (nSPS) is 9.69. The summed E-state index contributed by atoms with van der Waals surface area (Å²) in [5.41, 5.74) is 1.99. The quantitative estimate of drug-likeness (QED) is 0.795. The van der Waals surface area contributed by atoms with E-state index in [-0.39, 0.29) is 5.91 Å². The van der Waals surface area contributed by atoms with Crippen molar-refractivity contribution >= 4 is 17.6 Å². The molecule has 1 rings (SSSR count). The van der Waals surface area contributed by atoms with Gasteiger partial charge in [-0.15, -0.1) is 0 Å². The lowest BCUT2D eigenvalue weighted by Crippen LogP contribution is -2.11. The van der Waals surface area contributed by atoms with Crippen LogP contribution in [0.3, 0.4) is 0 Å². The number of esters is 1. The minimum absolute atomic E-state index is 0.0786. The average Bonchev–Trinajstić information content (AvgIpc) is 2.30. The molecule has 4 heteroatoms. The van der Waals surface area contributed by atoms with Crippen molar-refractivity contribution < 1.29 is 14.3 Å². The molecule has 0 radical (unpaired) electrons. The van der Waals surface area contributed by atoms with E-state index in [0.717, 1.165) is 5.56 Å². The molecular weight excluding hydrogens is 206 g/mol. The van der Waals surface area contributed by atoms with Crippen LogP contribution in [0, 0.1) is 6.92 Å². The maximum absolute atomic E-state index is 11.3. The highest BCUT2D eigenvalue weighted by molar-refractivity contribution is 5.95. The van der Waals surface area contributed by atoms with Crippen LogP contribution < -0.4 is 5.32 Å². The Labute approximate surface area is 94.6 Å². The van der Waals surface area contributed by atoms with Gasteiger partial charge in [-0.3, -0.25) is 4.79 Å². The first-order chi connectivity index (χ1) is 7.58. The molecule has 1 amide bonds. The summed E-state index contributed by atoms with van der Waals surface area (Å²) in [7, 11) is 1.33. The lowest BCUT2D eigenvalue weighted by atomic mass is 10.1. The molecule has 0 atom stereocenters. The van der Waals surface area contributed by atoms with E-state index in [1.54, 1.807) is 25.1 Å². The van der Waals surface area contributed by atoms with Gasteiger partial charge in [0.2, 0.25) is 5.91 Å². The second-order valence-electron chi connectivity index (χ2n) is 3.42. The Hall–Kier alpha value is -1.84. The highest BCUT2D eigenvalue weighted by Gasteiger charge is 2.09. The molecule has 16 heavy (non-hydrogen) atoms. The summed E-state index contributed by atoms with van der Waals surface area (Å²) in [5, 5.41) is 2.73. The van der Waals surface area contributed by atoms with Crippen LogP contribution in [0.4, 0.5) is 5.69 Å². The number of benzene rings is 1. The molecule has 0 heterocycles. The summed E-state index contributed by atoms with van der Waals surface area (Å²) in [6.45, 7) is 3.64. The topological polar surface area (TPSA) is 55.4 Å². The van der Waals surface area contributed by atoms with Crippen LogP contribution in [0.2, 0.25) is 0 Å².